The van der Waals surface area contributed by atoms with Gasteiger partial charge in [-0.05, 0) is 12.1 Å². The van der Waals surface area contributed by atoms with Crippen LogP contribution < -0.4 is 16.2 Å². The van der Waals surface area contributed by atoms with Crippen LogP contribution in [0.15, 0.2) is 29.2 Å². The van der Waals surface area contributed by atoms with Gasteiger partial charge in [-0.2, -0.15) is 5.10 Å². The first-order valence-corrected chi connectivity index (χ1v) is 5.31. The quantitative estimate of drug-likeness (QED) is 0.753. The Bertz CT molecular complexity index is 650. The summed E-state index contributed by atoms with van der Waals surface area (Å²) in [7, 11) is 1.50. The molecule has 19 heavy (non-hydrogen) atoms. The molecular formula is C11H10FN5O2. The first-order valence-electron chi connectivity index (χ1n) is 5.31. The van der Waals surface area contributed by atoms with Gasteiger partial charge in [0.05, 0.1) is 5.56 Å². The molecule has 0 saturated carbocycles. The van der Waals surface area contributed by atoms with E-state index in [1.54, 1.807) is 0 Å². The number of pyridine rings is 1. The smallest absolute Gasteiger partial charge is 0.264 e. The molecule has 2 aromatic rings. The molecule has 3 N–H and O–H groups in total. The zero-order chi connectivity index (χ0) is 13.8. The van der Waals surface area contributed by atoms with Crippen LogP contribution in [0.1, 0.15) is 10.4 Å². The third-order valence-electron chi connectivity index (χ3n) is 2.29. The van der Waals surface area contributed by atoms with Crippen LogP contribution in [0.25, 0.3) is 0 Å². The summed E-state index contributed by atoms with van der Waals surface area (Å²) in [4.78, 5) is 26.4. The van der Waals surface area contributed by atoms with Crippen LogP contribution in [-0.2, 0) is 0 Å². The fraction of sp³-hybridized carbons (Fsp3) is 0.0909. The van der Waals surface area contributed by atoms with E-state index < -0.39 is 17.3 Å². The number of carbonyl (C=O) groups is 1. The van der Waals surface area contributed by atoms with Gasteiger partial charge in [0.25, 0.3) is 11.5 Å². The first-order chi connectivity index (χ1) is 9.11. The summed E-state index contributed by atoms with van der Waals surface area (Å²) in [6.07, 6.45) is 1.31. The Labute approximate surface area is 106 Å². The molecule has 0 spiro atoms. The van der Waals surface area contributed by atoms with E-state index >= 15 is 0 Å². The zero-order valence-electron chi connectivity index (χ0n) is 9.90. The predicted octanol–water partition coefficient (Wildman–Crippen LogP) is 0.598. The second-order valence-corrected chi connectivity index (χ2v) is 3.53. The maximum atomic E-state index is 13.8. The summed E-state index contributed by atoms with van der Waals surface area (Å²) in [6, 6.07) is 3.76. The highest BCUT2D eigenvalue weighted by Gasteiger charge is 2.15. The average molecular weight is 263 g/mol. The molecule has 0 aromatic carbocycles. The molecule has 2 heterocycles. The van der Waals surface area contributed by atoms with Crippen LogP contribution in [0.4, 0.5) is 16.0 Å². The van der Waals surface area contributed by atoms with E-state index in [1.165, 1.54) is 31.4 Å². The number of aromatic nitrogens is 3. The van der Waals surface area contributed by atoms with Crippen molar-refractivity contribution in [2.75, 3.05) is 17.7 Å². The second-order valence-electron chi connectivity index (χ2n) is 3.53. The van der Waals surface area contributed by atoms with Gasteiger partial charge < -0.3 is 10.6 Å². The summed E-state index contributed by atoms with van der Waals surface area (Å²) >= 11 is 0. The van der Waals surface area contributed by atoms with Gasteiger partial charge in [0, 0.05) is 19.3 Å². The molecule has 0 fully saturated rings. The Balaban J connectivity index is 2.25. The minimum atomic E-state index is -0.757. The molecule has 0 aliphatic carbocycles. The summed E-state index contributed by atoms with van der Waals surface area (Å²) in [6.45, 7) is 0. The van der Waals surface area contributed by atoms with Gasteiger partial charge in [0.15, 0.2) is 17.5 Å². The van der Waals surface area contributed by atoms with Crippen molar-refractivity contribution in [3.8, 4) is 0 Å². The van der Waals surface area contributed by atoms with E-state index in [-0.39, 0.29) is 17.2 Å². The third-order valence-corrected chi connectivity index (χ3v) is 2.29. The van der Waals surface area contributed by atoms with E-state index in [1.807, 2.05) is 0 Å². The zero-order valence-corrected chi connectivity index (χ0v) is 9.90. The highest BCUT2D eigenvalue weighted by atomic mass is 19.1. The molecule has 2 aromatic heterocycles. The van der Waals surface area contributed by atoms with Crippen molar-refractivity contribution in [2.24, 2.45) is 0 Å². The average Bonchev–Trinajstić information content (AvgIpc) is 2.41. The Hall–Kier alpha value is -2.77. The molecule has 0 aliphatic rings. The van der Waals surface area contributed by atoms with E-state index in [4.69, 9.17) is 0 Å². The third kappa shape index (κ3) is 2.73. The van der Waals surface area contributed by atoms with Gasteiger partial charge in [0.1, 0.15) is 0 Å². The van der Waals surface area contributed by atoms with Crippen LogP contribution in [0.5, 0.6) is 0 Å². The highest BCUT2D eigenvalue weighted by Crippen LogP contribution is 2.15. The monoisotopic (exact) mass is 263 g/mol. The van der Waals surface area contributed by atoms with Crippen LogP contribution >= 0.6 is 0 Å². The van der Waals surface area contributed by atoms with Crippen molar-refractivity contribution in [3.63, 3.8) is 0 Å². The standard InChI is InChI=1S/C11H10FN5O2/c1-13-10-9(12)6(4-5-14-10)11(19)15-7-2-3-8(18)17-16-7/h2-5H,1H3,(H,13,14)(H,17,18)(H,15,16,19). The van der Waals surface area contributed by atoms with Crippen LogP contribution in [0, 0.1) is 5.82 Å². The lowest BCUT2D eigenvalue weighted by Gasteiger charge is -2.07. The molecule has 0 aliphatic heterocycles. The molecule has 7 nitrogen and oxygen atoms in total. The Morgan fingerprint density at radius 2 is 2.16 bits per heavy atom. The number of anilines is 2. The van der Waals surface area contributed by atoms with Gasteiger partial charge in [0.2, 0.25) is 0 Å². The van der Waals surface area contributed by atoms with Crippen molar-refractivity contribution in [2.45, 2.75) is 0 Å². The van der Waals surface area contributed by atoms with E-state index in [9.17, 15) is 14.0 Å². The first kappa shape index (κ1) is 12.7. The molecule has 1 amide bonds. The summed E-state index contributed by atoms with van der Waals surface area (Å²) < 4.78 is 13.8. The predicted molar refractivity (Wildman–Crippen MR) is 66.6 cm³/mol. The molecular weight excluding hydrogens is 253 g/mol. The Morgan fingerprint density at radius 1 is 1.37 bits per heavy atom. The normalized spacial score (nSPS) is 10.0. The molecule has 8 heteroatoms. The maximum Gasteiger partial charge on any atom is 0.264 e. The van der Waals surface area contributed by atoms with Crippen LogP contribution in [0.2, 0.25) is 0 Å². The lowest BCUT2D eigenvalue weighted by Crippen LogP contribution is -2.17. The Morgan fingerprint density at radius 3 is 2.79 bits per heavy atom. The number of amides is 1. The summed E-state index contributed by atoms with van der Waals surface area (Å²) in [5, 5.41) is 10.6. The van der Waals surface area contributed by atoms with Crippen molar-refractivity contribution in [1.82, 2.24) is 15.2 Å². The second kappa shape index (κ2) is 5.25. The van der Waals surface area contributed by atoms with E-state index in [2.05, 4.69) is 25.8 Å². The van der Waals surface area contributed by atoms with E-state index in [0.717, 1.165) is 0 Å². The fourth-order valence-electron chi connectivity index (χ4n) is 1.39. The van der Waals surface area contributed by atoms with Gasteiger partial charge in [-0.3, -0.25) is 9.59 Å². The summed E-state index contributed by atoms with van der Waals surface area (Å²) in [5.41, 5.74) is -0.571. The SMILES string of the molecule is CNc1nccc(C(=O)Nc2ccc(=O)[nH]n2)c1F. The molecule has 0 radical (unpaired) electrons. The molecule has 0 atom stereocenters. The fourth-order valence-corrected chi connectivity index (χ4v) is 1.39. The number of hydrogen-bond acceptors (Lipinski definition) is 5. The van der Waals surface area contributed by atoms with Gasteiger partial charge in [-0.15, -0.1) is 0 Å². The number of halogens is 1. The topological polar surface area (TPSA) is 99.8 Å². The van der Waals surface area contributed by atoms with Gasteiger partial charge in [-0.25, -0.2) is 14.5 Å². The number of nitrogens with one attached hydrogen (secondary N) is 3. The number of nitrogens with zero attached hydrogens (tertiary/aromatic N) is 2. The maximum absolute atomic E-state index is 13.8. The summed E-state index contributed by atoms with van der Waals surface area (Å²) in [5.74, 6) is -1.35. The van der Waals surface area contributed by atoms with Crippen molar-refractivity contribution in [3.05, 3.63) is 46.1 Å². The van der Waals surface area contributed by atoms with E-state index in [0.29, 0.717) is 0 Å². The molecule has 0 unspecified atom stereocenters. The number of rotatable bonds is 3. The van der Waals surface area contributed by atoms with Crippen LogP contribution in [0.3, 0.4) is 0 Å². The highest BCUT2D eigenvalue weighted by molar-refractivity contribution is 6.04. The lowest BCUT2D eigenvalue weighted by molar-refractivity contribution is 0.102. The Kier molecular flexibility index (Phi) is 3.51. The molecule has 0 saturated heterocycles. The minimum Gasteiger partial charge on any atom is -0.371 e. The minimum absolute atomic E-state index is 0.0259. The van der Waals surface area contributed by atoms with Crippen LogP contribution in [-0.4, -0.2) is 28.1 Å². The number of H-pyrrole nitrogens is 1. The number of aromatic amines is 1. The van der Waals surface area contributed by atoms with Crippen molar-refractivity contribution < 1.29 is 9.18 Å². The molecule has 0 bridgehead atoms. The largest absolute Gasteiger partial charge is 0.371 e. The van der Waals surface area contributed by atoms with Gasteiger partial charge in [-0.1, -0.05) is 0 Å². The molecule has 2 rings (SSSR count). The number of hydrogen-bond donors (Lipinski definition) is 3. The van der Waals surface area contributed by atoms with Crippen molar-refractivity contribution in [1.29, 1.82) is 0 Å². The van der Waals surface area contributed by atoms with Crippen molar-refractivity contribution >= 4 is 17.5 Å². The molecule has 98 valence electrons. The van der Waals surface area contributed by atoms with Gasteiger partial charge >= 0.3 is 0 Å². The lowest BCUT2D eigenvalue weighted by atomic mass is 10.2. The number of carbonyl (C=O) groups excluding carboxylic acids is 1.